The van der Waals surface area contributed by atoms with Crippen LogP contribution in [0.5, 0.6) is 0 Å². The molecule has 0 radical (unpaired) electrons. The normalized spacial score (nSPS) is 20.2. The highest BCUT2D eigenvalue weighted by molar-refractivity contribution is 7.93. The van der Waals surface area contributed by atoms with E-state index >= 15 is 0 Å². The molecule has 1 heterocycles. The molecular formula is C11H11NO3S. The van der Waals surface area contributed by atoms with Crippen LogP contribution in [-0.2, 0) is 9.84 Å². The molecular weight excluding hydrogens is 226 g/mol. The Morgan fingerprint density at radius 1 is 1.25 bits per heavy atom. The van der Waals surface area contributed by atoms with Crippen molar-refractivity contribution in [1.29, 1.82) is 0 Å². The van der Waals surface area contributed by atoms with Crippen LogP contribution in [0.3, 0.4) is 0 Å². The van der Waals surface area contributed by atoms with E-state index in [1.165, 1.54) is 0 Å². The minimum atomic E-state index is -3.45. The summed E-state index contributed by atoms with van der Waals surface area (Å²) >= 11 is 0. The van der Waals surface area contributed by atoms with Gasteiger partial charge in [-0.05, 0) is 19.1 Å². The molecule has 1 unspecified atom stereocenters. The Balaban J connectivity index is 2.65. The number of carbonyl (C=O) groups excluding carboxylic acids is 1. The van der Waals surface area contributed by atoms with E-state index in [9.17, 15) is 13.2 Å². The number of aliphatic imine (C=N–C) groups is 1. The largest absolute Gasteiger partial charge is 0.292 e. The Kier molecular flexibility index (Phi) is 2.42. The van der Waals surface area contributed by atoms with Gasteiger partial charge in [-0.1, -0.05) is 12.1 Å². The van der Waals surface area contributed by atoms with E-state index in [-0.39, 0.29) is 5.78 Å². The predicted molar refractivity (Wildman–Crippen MR) is 62.2 cm³/mol. The van der Waals surface area contributed by atoms with Crippen LogP contribution in [0.4, 0.5) is 5.69 Å². The van der Waals surface area contributed by atoms with Crippen molar-refractivity contribution in [3.63, 3.8) is 0 Å². The first-order valence-corrected chi connectivity index (χ1v) is 6.74. The lowest BCUT2D eigenvalue weighted by Gasteiger charge is -2.19. The summed E-state index contributed by atoms with van der Waals surface area (Å²) < 4.78 is 23.0. The van der Waals surface area contributed by atoms with Gasteiger partial charge in [0.25, 0.3) is 0 Å². The predicted octanol–water partition coefficient (Wildman–Crippen LogP) is 1.39. The lowest BCUT2D eigenvalue weighted by molar-refractivity contribution is 0.100. The molecule has 0 aliphatic carbocycles. The molecule has 0 aromatic heterocycles. The quantitative estimate of drug-likeness (QED) is 0.741. The Morgan fingerprint density at radius 2 is 1.88 bits per heavy atom. The first-order valence-electron chi connectivity index (χ1n) is 4.78. The van der Waals surface area contributed by atoms with Gasteiger partial charge in [0.2, 0.25) is 0 Å². The average Bonchev–Trinajstić information content (AvgIpc) is 2.15. The second kappa shape index (κ2) is 3.52. The fourth-order valence-corrected chi connectivity index (χ4v) is 3.05. The van der Waals surface area contributed by atoms with Crippen molar-refractivity contribution >= 4 is 27.0 Å². The molecule has 5 heteroatoms. The van der Waals surface area contributed by atoms with Crippen LogP contribution in [0, 0.1) is 0 Å². The van der Waals surface area contributed by atoms with Crippen molar-refractivity contribution in [2.75, 3.05) is 6.26 Å². The second-order valence-corrected chi connectivity index (χ2v) is 5.97. The maximum absolute atomic E-state index is 12.0. The summed E-state index contributed by atoms with van der Waals surface area (Å²) in [5.41, 5.74) is 1.26. The molecule has 0 amide bonds. The van der Waals surface area contributed by atoms with Crippen molar-refractivity contribution in [3.05, 3.63) is 29.8 Å². The molecule has 0 N–H and O–H groups in total. The molecule has 4 nitrogen and oxygen atoms in total. The van der Waals surface area contributed by atoms with E-state index in [1.54, 1.807) is 31.2 Å². The van der Waals surface area contributed by atoms with Crippen LogP contribution < -0.4 is 0 Å². The van der Waals surface area contributed by atoms with Crippen LogP contribution in [0.25, 0.3) is 0 Å². The fourth-order valence-electron chi connectivity index (χ4n) is 1.86. The summed E-state index contributed by atoms with van der Waals surface area (Å²) in [6.07, 6.45) is 1.06. The third-order valence-corrected chi connectivity index (χ3v) is 3.92. The average molecular weight is 237 g/mol. The minimum absolute atomic E-state index is 0.339. The van der Waals surface area contributed by atoms with E-state index in [4.69, 9.17) is 0 Å². The Hall–Kier alpha value is -1.49. The molecule has 0 bridgehead atoms. The summed E-state index contributed by atoms with van der Waals surface area (Å²) in [5, 5.41) is -1.12. The zero-order chi connectivity index (χ0) is 11.9. The highest BCUT2D eigenvalue weighted by atomic mass is 32.2. The van der Waals surface area contributed by atoms with Crippen LogP contribution in [0.15, 0.2) is 29.3 Å². The van der Waals surface area contributed by atoms with Gasteiger partial charge in [-0.25, -0.2) is 8.42 Å². The van der Waals surface area contributed by atoms with Gasteiger partial charge in [-0.15, -0.1) is 0 Å². The Morgan fingerprint density at radius 3 is 2.50 bits per heavy atom. The van der Waals surface area contributed by atoms with Gasteiger partial charge in [-0.2, -0.15) is 0 Å². The van der Waals surface area contributed by atoms with E-state index in [2.05, 4.69) is 4.99 Å². The highest BCUT2D eigenvalue weighted by Gasteiger charge is 2.36. The summed E-state index contributed by atoms with van der Waals surface area (Å²) in [6, 6.07) is 6.77. The molecule has 1 aliphatic rings. The van der Waals surface area contributed by atoms with Gasteiger partial charge in [0, 0.05) is 17.5 Å². The van der Waals surface area contributed by atoms with Gasteiger partial charge in [0.1, 0.15) is 0 Å². The highest BCUT2D eigenvalue weighted by Crippen LogP contribution is 2.27. The molecule has 84 valence electrons. The van der Waals surface area contributed by atoms with Crippen LogP contribution in [-0.4, -0.2) is 31.4 Å². The van der Waals surface area contributed by atoms with Gasteiger partial charge in [-0.3, -0.25) is 9.79 Å². The number of nitrogens with zero attached hydrogens (tertiary/aromatic N) is 1. The zero-order valence-electron chi connectivity index (χ0n) is 8.97. The topological polar surface area (TPSA) is 63.6 Å². The third kappa shape index (κ3) is 1.67. The first-order chi connectivity index (χ1) is 7.41. The summed E-state index contributed by atoms with van der Waals surface area (Å²) in [6.45, 7) is 1.57. The van der Waals surface area contributed by atoms with Gasteiger partial charge >= 0.3 is 0 Å². The smallest absolute Gasteiger partial charge is 0.188 e. The van der Waals surface area contributed by atoms with Crippen molar-refractivity contribution in [3.8, 4) is 0 Å². The summed E-state index contributed by atoms with van der Waals surface area (Å²) in [4.78, 5) is 16.2. The van der Waals surface area contributed by atoms with E-state index < -0.39 is 15.1 Å². The molecule has 1 aliphatic heterocycles. The summed E-state index contributed by atoms with van der Waals surface area (Å²) in [5.74, 6) is -0.384. The Bertz CT molecular complexity index is 587. The fraction of sp³-hybridized carbons (Fsp3) is 0.273. The zero-order valence-corrected chi connectivity index (χ0v) is 9.78. The number of sulfone groups is 1. The molecule has 0 saturated heterocycles. The number of rotatable bonds is 1. The number of ketones is 1. The monoisotopic (exact) mass is 237 g/mol. The van der Waals surface area contributed by atoms with Crippen LogP contribution >= 0.6 is 0 Å². The minimum Gasteiger partial charge on any atom is -0.292 e. The molecule has 0 saturated carbocycles. The van der Waals surface area contributed by atoms with E-state index in [0.717, 1.165) is 6.26 Å². The van der Waals surface area contributed by atoms with Crippen molar-refractivity contribution in [2.45, 2.75) is 12.2 Å². The van der Waals surface area contributed by atoms with E-state index in [1.807, 2.05) is 0 Å². The molecule has 1 atom stereocenters. The Labute approximate surface area is 93.9 Å². The number of fused-ring (bicyclic) bond motifs is 1. The number of hydrogen-bond donors (Lipinski definition) is 0. The molecule has 2 rings (SSSR count). The first kappa shape index (κ1) is 11.0. The summed E-state index contributed by atoms with van der Waals surface area (Å²) in [7, 11) is -3.45. The third-order valence-electron chi connectivity index (χ3n) is 2.51. The van der Waals surface area contributed by atoms with Crippen molar-refractivity contribution in [2.24, 2.45) is 4.99 Å². The van der Waals surface area contributed by atoms with Crippen LogP contribution in [0.1, 0.15) is 17.3 Å². The van der Waals surface area contributed by atoms with Gasteiger partial charge < -0.3 is 0 Å². The molecule has 1 aromatic carbocycles. The van der Waals surface area contributed by atoms with Gasteiger partial charge in [0.15, 0.2) is 20.9 Å². The van der Waals surface area contributed by atoms with E-state index in [0.29, 0.717) is 17.0 Å². The lowest BCUT2D eigenvalue weighted by Crippen LogP contribution is -2.38. The molecule has 1 aromatic rings. The molecule has 0 spiro atoms. The van der Waals surface area contributed by atoms with Gasteiger partial charge in [0.05, 0.1) is 5.69 Å². The lowest BCUT2D eigenvalue weighted by atomic mass is 10.0. The second-order valence-electron chi connectivity index (χ2n) is 3.84. The number of hydrogen-bond acceptors (Lipinski definition) is 4. The van der Waals surface area contributed by atoms with Crippen LogP contribution in [0.2, 0.25) is 0 Å². The molecule has 0 fully saturated rings. The number of Topliss-reactive ketones (excluding diaryl/α,β-unsaturated/α-hetero) is 1. The number of carbonyl (C=O) groups is 1. The maximum Gasteiger partial charge on any atom is 0.188 e. The SMILES string of the molecule is CC1=Nc2ccccc2C(=O)C1S(C)(=O)=O. The molecule has 16 heavy (non-hydrogen) atoms. The maximum atomic E-state index is 12.0. The van der Waals surface area contributed by atoms with Crippen molar-refractivity contribution < 1.29 is 13.2 Å². The van der Waals surface area contributed by atoms with Crippen molar-refractivity contribution in [1.82, 2.24) is 0 Å². The number of benzene rings is 1. The number of para-hydroxylation sites is 1. The standard InChI is InChI=1S/C11H11NO3S/c1-7-11(16(2,14)15)10(13)8-5-3-4-6-9(8)12-7/h3-6,11H,1-2H3.